The summed E-state index contributed by atoms with van der Waals surface area (Å²) in [4.78, 5) is 4.28. The molecule has 1 N–H and O–H groups in total. The van der Waals surface area contributed by atoms with Gasteiger partial charge >= 0.3 is 0 Å². The summed E-state index contributed by atoms with van der Waals surface area (Å²) in [6, 6.07) is 4.06. The molecule has 0 spiro atoms. The first-order valence-electron chi connectivity index (χ1n) is 4.27. The number of hydrogen-bond acceptors (Lipinski definition) is 5. The topological polar surface area (TPSA) is 50.7 Å². The molecule has 0 saturated carbocycles. The van der Waals surface area contributed by atoms with Crippen LogP contribution in [0.2, 0.25) is 0 Å². The molecule has 14 heavy (non-hydrogen) atoms. The van der Waals surface area contributed by atoms with E-state index in [0.29, 0.717) is 6.54 Å². The van der Waals surface area contributed by atoms with E-state index < -0.39 is 0 Å². The van der Waals surface area contributed by atoms with Crippen molar-refractivity contribution in [1.29, 1.82) is 0 Å². The van der Waals surface area contributed by atoms with Crippen molar-refractivity contribution in [3.63, 3.8) is 0 Å². The molecule has 72 valence electrons. The average Bonchev–Trinajstić information content (AvgIpc) is 2.70. The Hall–Kier alpha value is -1.49. The van der Waals surface area contributed by atoms with Gasteiger partial charge in [-0.25, -0.2) is 0 Å². The molecule has 0 saturated heterocycles. The molecule has 0 fully saturated rings. The first-order chi connectivity index (χ1) is 6.84. The summed E-state index contributed by atoms with van der Waals surface area (Å²) in [5, 5.41) is 7.89. The Kier molecular flexibility index (Phi) is 2.69. The first-order valence-corrected chi connectivity index (χ1v) is 5.05. The highest BCUT2D eigenvalue weighted by atomic mass is 32.1. The highest BCUT2D eigenvalue weighted by molar-refractivity contribution is 7.09. The number of aromatic nitrogens is 3. The number of hydrogen-bond donors (Lipinski definition) is 1. The van der Waals surface area contributed by atoms with Gasteiger partial charge in [-0.3, -0.25) is 4.98 Å². The minimum absolute atomic E-state index is 0.712. The van der Waals surface area contributed by atoms with Gasteiger partial charge in [-0.1, -0.05) is 10.6 Å². The number of nitrogens with one attached hydrogen (secondary N) is 1. The van der Waals surface area contributed by atoms with Crippen molar-refractivity contribution >= 4 is 16.5 Å². The Morgan fingerprint density at radius 2 is 2.29 bits per heavy atom. The van der Waals surface area contributed by atoms with Crippen LogP contribution in [0.1, 0.15) is 11.3 Å². The minimum Gasteiger partial charge on any atom is -0.369 e. The Morgan fingerprint density at radius 3 is 2.93 bits per heavy atom. The Balaban J connectivity index is 1.95. The van der Waals surface area contributed by atoms with Gasteiger partial charge < -0.3 is 5.32 Å². The van der Waals surface area contributed by atoms with Crippen LogP contribution in [0.25, 0.3) is 0 Å². The lowest BCUT2D eigenvalue weighted by Crippen LogP contribution is -1.99. The minimum atomic E-state index is 0.712. The van der Waals surface area contributed by atoms with Crippen LogP contribution in [0.3, 0.4) is 0 Å². The molecule has 0 radical (unpaired) electrons. The molecule has 5 heteroatoms. The smallest absolute Gasteiger partial charge is 0.130 e. The first kappa shape index (κ1) is 9.08. The van der Waals surface area contributed by atoms with E-state index in [2.05, 4.69) is 26.0 Å². The molecule has 0 aliphatic heterocycles. The lowest BCUT2D eigenvalue weighted by molar-refractivity contribution is 1.04. The molecule has 2 aromatic heterocycles. The zero-order valence-electron chi connectivity index (χ0n) is 7.77. The molecule has 4 nitrogen and oxygen atoms in total. The summed E-state index contributed by atoms with van der Waals surface area (Å²) >= 11 is 1.35. The third-order valence-electron chi connectivity index (χ3n) is 1.78. The summed E-state index contributed by atoms with van der Waals surface area (Å²) in [5.41, 5.74) is 2.19. The summed E-state index contributed by atoms with van der Waals surface area (Å²) in [6.45, 7) is 2.74. The highest BCUT2D eigenvalue weighted by Gasteiger charge is 1.96. The van der Waals surface area contributed by atoms with E-state index in [9.17, 15) is 0 Å². The van der Waals surface area contributed by atoms with Gasteiger partial charge in [-0.15, -0.1) is 5.10 Å². The summed E-state index contributed by atoms with van der Waals surface area (Å²) in [6.07, 6.45) is 3.57. The Morgan fingerprint density at radius 1 is 1.36 bits per heavy atom. The molecule has 0 bridgehead atoms. The van der Waals surface area contributed by atoms with Gasteiger partial charge in [0.2, 0.25) is 0 Å². The molecule has 0 unspecified atom stereocenters. The number of nitrogens with zero attached hydrogens (tertiary/aromatic N) is 3. The predicted octanol–water partition coefficient (Wildman–Crippen LogP) is 1.85. The lowest BCUT2D eigenvalue weighted by atomic mass is 10.3. The number of pyridine rings is 1. The molecule has 0 atom stereocenters. The second-order valence-electron chi connectivity index (χ2n) is 2.96. The Labute approximate surface area is 86.2 Å². The van der Waals surface area contributed by atoms with Crippen molar-refractivity contribution in [2.75, 3.05) is 5.32 Å². The van der Waals surface area contributed by atoms with E-state index in [1.807, 2.05) is 19.2 Å². The van der Waals surface area contributed by atoms with Crippen molar-refractivity contribution in [1.82, 2.24) is 14.6 Å². The maximum atomic E-state index is 4.28. The molecule has 2 heterocycles. The van der Waals surface area contributed by atoms with E-state index in [-0.39, 0.29) is 0 Å². The van der Waals surface area contributed by atoms with Crippen LogP contribution < -0.4 is 5.32 Å². The predicted molar refractivity (Wildman–Crippen MR) is 56.2 cm³/mol. The lowest BCUT2D eigenvalue weighted by Gasteiger charge is -2.01. The van der Waals surface area contributed by atoms with Crippen LogP contribution in [0, 0.1) is 6.92 Å². The van der Waals surface area contributed by atoms with Gasteiger partial charge in [0, 0.05) is 17.7 Å². The normalized spacial score (nSPS) is 10.1. The molecular weight excluding hydrogens is 196 g/mol. The third-order valence-corrected chi connectivity index (χ3v) is 2.40. The molecule has 0 aromatic carbocycles. The summed E-state index contributed by atoms with van der Waals surface area (Å²) < 4.78 is 3.76. The van der Waals surface area contributed by atoms with Crippen LogP contribution >= 0.6 is 11.5 Å². The van der Waals surface area contributed by atoms with Crippen molar-refractivity contribution in [2.45, 2.75) is 13.5 Å². The highest BCUT2D eigenvalue weighted by Crippen LogP contribution is 2.10. The number of anilines is 1. The summed E-state index contributed by atoms with van der Waals surface area (Å²) in [5.74, 6) is 0. The van der Waals surface area contributed by atoms with Gasteiger partial charge in [0.25, 0.3) is 0 Å². The zero-order valence-corrected chi connectivity index (χ0v) is 8.58. The monoisotopic (exact) mass is 206 g/mol. The van der Waals surface area contributed by atoms with E-state index >= 15 is 0 Å². The third kappa shape index (κ3) is 2.26. The number of rotatable bonds is 3. The fourth-order valence-electron chi connectivity index (χ4n) is 1.03. The molecule has 0 amide bonds. The van der Waals surface area contributed by atoms with E-state index in [4.69, 9.17) is 0 Å². The second-order valence-corrected chi connectivity index (χ2v) is 3.75. The van der Waals surface area contributed by atoms with E-state index in [1.165, 1.54) is 17.1 Å². The van der Waals surface area contributed by atoms with Crippen LogP contribution in [0.5, 0.6) is 0 Å². The fraction of sp³-hybridized carbons (Fsp3) is 0.222. The zero-order chi connectivity index (χ0) is 9.80. The van der Waals surface area contributed by atoms with Crippen molar-refractivity contribution < 1.29 is 0 Å². The molecule has 2 aromatic rings. The quantitative estimate of drug-likeness (QED) is 0.832. The average molecular weight is 206 g/mol. The molecular formula is C9H10N4S. The SMILES string of the molecule is Cc1ccc(CNc2cnns2)nc1. The fourth-order valence-corrected chi connectivity index (χ4v) is 1.44. The van der Waals surface area contributed by atoms with Crippen LogP contribution in [0.4, 0.5) is 5.00 Å². The van der Waals surface area contributed by atoms with Crippen LogP contribution in [0.15, 0.2) is 24.5 Å². The molecule has 2 rings (SSSR count). The van der Waals surface area contributed by atoms with Crippen molar-refractivity contribution in [3.05, 3.63) is 35.8 Å². The maximum Gasteiger partial charge on any atom is 0.130 e. The van der Waals surface area contributed by atoms with Gasteiger partial charge in [-0.05, 0) is 18.6 Å². The summed E-state index contributed by atoms with van der Waals surface area (Å²) in [7, 11) is 0. The second kappa shape index (κ2) is 4.15. The van der Waals surface area contributed by atoms with Gasteiger partial charge in [0.15, 0.2) is 0 Å². The number of aryl methyl sites for hydroxylation is 1. The van der Waals surface area contributed by atoms with Gasteiger partial charge in [0.05, 0.1) is 18.4 Å². The van der Waals surface area contributed by atoms with Crippen LogP contribution in [-0.4, -0.2) is 14.6 Å². The molecule has 0 aliphatic rings. The molecule has 0 aliphatic carbocycles. The maximum absolute atomic E-state index is 4.28. The standard InChI is InChI=1S/C9H10N4S/c1-7-2-3-8(10-4-7)5-11-9-6-12-13-14-9/h2-4,6,11H,5H2,1H3. The Bertz CT molecular complexity index is 382. The largest absolute Gasteiger partial charge is 0.369 e. The van der Waals surface area contributed by atoms with E-state index in [1.54, 1.807) is 6.20 Å². The van der Waals surface area contributed by atoms with Crippen LogP contribution in [-0.2, 0) is 6.54 Å². The van der Waals surface area contributed by atoms with E-state index in [0.717, 1.165) is 10.7 Å². The van der Waals surface area contributed by atoms with Gasteiger partial charge in [0.1, 0.15) is 5.00 Å². The van der Waals surface area contributed by atoms with Crippen molar-refractivity contribution in [3.8, 4) is 0 Å². The van der Waals surface area contributed by atoms with Crippen molar-refractivity contribution in [2.24, 2.45) is 0 Å². The van der Waals surface area contributed by atoms with Gasteiger partial charge in [-0.2, -0.15) is 0 Å².